The van der Waals surface area contributed by atoms with E-state index in [1.54, 1.807) is 0 Å². The fourth-order valence-electron chi connectivity index (χ4n) is 0.461. The Balaban J connectivity index is 2.95. The number of thiazole rings is 1. The Morgan fingerprint density at radius 1 is 1.80 bits per heavy atom. The third kappa shape index (κ3) is 1.19. The number of hydrogen-bond acceptors (Lipinski definition) is 5. The van der Waals surface area contributed by atoms with Crippen LogP contribution in [0.3, 0.4) is 0 Å². The number of carbonyl (C=O) groups excluding carboxylic acids is 2. The highest BCUT2D eigenvalue weighted by atomic mass is 32.1. The van der Waals surface area contributed by atoms with Crippen LogP contribution in [-0.2, 0) is 4.79 Å². The molecule has 0 atom stereocenters. The zero-order chi connectivity index (χ0) is 7.56. The SMILES string of the molecule is Nc1nc(C(=O)C=O)cs1. The minimum Gasteiger partial charge on any atom is -0.375 e. The fraction of sp³-hybridized carbons (Fsp3) is 0. The van der Waals surface area contributed by atoms with Gasteiger partial charge in [-0.2, -0.15) is 0 Å². The number of nitrogen functional groups attached to an aromatic ring is 1. The van der Waals surface area contributed by atoms with E-state index in [0.717, 1.165) is 11.3 Å². The van der Waals surface area contributed by atoms with Gasteiger partial charge in [0, 0.05) is 5.38 Å². The summed E-state index contributed by atoms with van der Waals surface area (Å²) in [6, 6.07) is 0. The van der Waals surface area contributed by atoms with Crippen molar-refractivity contribution in [1.82, 2.24) is 4.98 Å². The molecule has 1 aromatic heterocycles. The molecule has 1 aromatic rings. The minimum atomic E-state index is -0.632. The van der Waals surface area contributed by atoms with E-state index in [9.17, 15) is 9.59 Å². The Morgan fingerprint density at radius 3 is 2.90 bits per heavy atom. The first-order valence-corrected chi connectivity index (χ1v) is 3.32. The molecule has 0 saturated heterocycles. The Labute approximate surface area is 60.7 Å². The number of aromatic nitrogens is 1. The second-order valence-corrected chi connectivity index (χ2v) is 2.44. The van der Waals surface area contributed by atoms with Gasteiger partial charge in [0.2, 0.25) is 5.78 Å². The van der Waals surface area contributed by atoms with Gasteiger partial charge in [0.25, 0.3) is 0 Å². The van der Waals surface area contributed by atoms with Crippen molar-refractivity contribution in [1.29, 1.82) is 0 Å². The molecule has 1 rings (SSSR count). The molecule has 0 aliphatic rings. The maximum absolute atomic E-state index is 10.5. The number of aldehydes is 1. The van der Waals surface area contributed by atoms with Gasteiger partial charge >= 0.3 is 0 Å². The van der Waals surface area contributed by atoms with Gasteiger partial charge in [-0.25, -0.2) is 4.98 Å². The second-order valence-electron chi connectivity index (χ2n) is 1.55. The number of Topliss-reactive ketones (excluding diaryl/α,β-unsaturated/α-hetero) is 1. The van der Waals surface area contributed by atoms with Crippen LogP contribution in [0.15, 0.2) is 5.38 Å². The molecular formula is C5H4N2O2S. The van der Waals surface area contributed by atoms with Crippen LogP contribution >= 0.6 is 11.3 Å². The summed E-state index contributed by atoms with van der Waals surface area (Å²) >= 11 is 1.14. The van der Waals surface area contributed by atoms with Gasteiger partial charge < -0.3 is 5.73 Å². The van der Waals surface area contributed by atoms with Gasteiger partial charge in [-0.15, -0.1) is 11.3 Å². The number of carbonyl (C=O) groups is 2. The predicted octanol–water partition coefficient (Wildman–Crippen LogP) is 0.107. The maximum Gasteiger partial charge on any atom is 0.244 e. The van der Waals surface area contributed by atoms with Crippen molar-refractivity contribution >= 4 is 28.5 Å². The zero-order valence-corrected chi connectivity index (χ0v) is 5.72. The Hall–Kier alpha value is -1.23. The lowest BCUT2D eigenvalue weighted by Crippen LogP contribution is -1.99. The van der Waals surface area contributed by atoms with E-state index in [-0.39, 0.29) is 12.0 Å². The number of nitrogens with two attached hydrogens (primary N) is 1. The Kier molecular flexibility index (Phi) is 1.77. The Morgan fingerprint density at radius 2 is 2.50 bits per heavy atom. The maximum atomic E-state index is 10.5. The lowest BCUT2D eigenvalue weighted by atomic mass is 10.3. The van der Waals surface area contributed by atoms with Gasteiger partial charge in [0.15, 0.2) is 11.4 Å². The molecule has 0 aliphatic carbocycles. The molecule has 0 saturated carbocycles. The highest BCUT2D eigenvalue weighted by molar-refractivity contribution is 7.13. The molecule has 5 heteroatoms. The smallest absolute Gasteiger partial charge is 0.244 e. The van der Waals surface area contributed by atoms with Crippen molar-refractivity contribution < 1.29 is 9.59 Å². The monoisotopic (exact) mass is 156 g/mol. The standard InChI is InChI=1S/C5H4N2O2S/c6-5-7-3(2-10-5)4(9)1-8/h1-2H,(H2,6,7). The average molecular weight is 156 g/mol. The molecular weight excluding hydrogens is 152 g/mol. The third-order valence-corrected chi connectivity index (χ3v) is 1.56. The van der Waals surface area contributed by atoms with Crippen LogP contribution in [0.4, 0.5) is 5.13 Å². The predicted molar refractivity (Wildman–Crippen MR) is 36.9 cm³/mol. The normalized spacial score (nSPS) is 9.20. The number of ketones is 1. The second kappa shape index (κ2) is 2.57. The molecule has 0 spiro atoms. The first-order valence-electron chi connectivity index (χ1n) is 2.44. The van der Waals surface area contributed by atoms with Crippen molar-refractivity contribution in [2.75, 3.05) is 5.73 Å². The molecule has 0 radical (unpaired) electrons. The average Bonchev–Trinajstić information content (AvgIpc) is 2.34. The van der Waals surface area contributed by atoms with Gasteiger partial charge in [-0.1, -0.05) is 0 Å². The molecule has 10 heavy (non-hydrogen) atoms. The molecule has 52 valence electrons. The fourth-order valence-corrected chi connectivity index (χ4v) is 1.01. The van der Waals surface area contributed by atoms with Gasteiger partial charge in [-0.3, -0.25) is 9.59 Å². The minimum absolute atomic E-state index is 0.123. The molecule has 0 unspecified atom stereocenters. The molecule has 0 bridgehead atoms. The van der Waals surface area contributed by atoms with E-state index < -0.39 is 5.78 Å². The van der Waals surface area contributed by atoms with E-state index in [4.69, 9.17) is 5.73 Å². The van der Waals surface area contributed by atoms with Gasteiger partial charge in [0.1, 0.15) is 5.69 Å². The largest absolute Gasteiger partial charge is 0.375 e. The Bertz CT molecular complexity index is 268. The lowest BCUT2D eigenvalue weighted by Gasteiger charge is -1.79. The summed E-state index contributed by atoms with van der Waals surface area (Å²) < 4.78 is 0. The summed E-state index contributed by atoms with van der Waals surface area (Å²) in [6.45, 7) is 0. The molecule has 1 heterocycles. The van der Waals surface area contributed by atoms with Crippen LogP contribution in [0.1, 0.15) is 10.5 Å². The number of nitrogens with zero attached hydrogens (tertiary/aromatic N) is 1. The number of rotatable bonds is 2. The van der Waals surface area contributed by atoms with Gasteiger partial charge in [-0.05, 0) is 0 Å². The highest BCUT2D eigenvalue weighted by Crippen LogP contribution is 2.10. The van der Waals surface area contributed by atoms with Crippen molar-refractivity contribution in [3.8, 4) is 0 Å². The summed E-state index contributed by atoms with van der Waals surface area (Å²) in [4.78, 5) is 24.0. The molecule has 4 nitrogen and oxygen atoms in total. The van der Waals surface area contributed by atoms with Crippen molar-refractivity contribution in [3.63, 3.8) is 0 Å². The highest BCUT2D eigenvalue weighted by Gasteiger charge is 2.06. The van der Waals surface area contributed by atoms with E-state index in [1.165, 1.54) is 5.38 Å². The summed E-state index contributed by atoms with van der Waals surface area (Å²) in [6.07, 6.45) is 0.217. The van der Waals surface area contributed by atoms with Crippen LogP contribution in [0.2, 0.25) is 0 Å². The first-order chi connectivity index (χ1) is 4.74. The summed E-state index contributed by atoms with van der Waals surface area (Å²) in [5, 5.41) is 1.75. The zero-order valence-electron chi connectivity index (χ0n) is 4.90. The molecule has 0 amide bonds. The number of hydrogen-bond donors (Lipinski definition) is 1. The van der Waals surface area contributed by atoms with Crippen LogP contribution in [0.5, 0.6) is 0 Å². The van der Waals surface area contributed by atoms with E-state index in [0.29, 0.717) is 5.13 Å². The summed E-state index contributed by atoms with van der Waals surface area (Å²) in [5.74, 6) is -0.632. The quantitative estimate of drug-likeness (QED) is 0.374. The van der Waals surface area contributed by atoms with Crippen molar-refractivity contribution in [3.05, 3.63) is 11.1 Å². The summed E-state index contributed by atoms with van der Waals surface area (Å²) in [5.41, 5.74) is 5.33. The van der Waals surface area contributed by atoms with E-state index in [1.807, 2.05) is 0 Å². The van der Waals surface area contributed by atoms with Crippen LogP contribution in [-0.4, -0.2) is 17.1 Å². The molecule has 0 fully saturated rings. The number of anilines is 1. The van der Waals surface area contributed by atoms with Crippen LogP contribution in [0, 0.1) is 0 Å². The van der Waals surface area contributed by atoms with Crippen LogP contribution < -0.4 is 5.73 Å². The van der Waals surface area contributed by atoms with E-state index in [2.05, 4.69) is 4.98 Å². The van der Waals surface area contributed by atoms with Gasteiger partial charge in [0.05, 0.1) is 0 Å². The third-order valence-electron chi connectivity index (χ3n) is 0.881. The van der Waals surface area contributed by atoms with Crippen LogP contribution in [0.25, 0.3) is 0 Å². The van der Waals surface area contributed by atoms with Crippen molar-refractivity contribution in [2.24, 2.45) is 0 Å². The topological polar surface area (TPSA) is 73.0 Å². The molecule has 0 aromatic carbocycles. The van der Waals surface area contributed by atoms with E-state index >= 15 is 0 Å². The molecule has 0 aliphatic heterocycles. The summed E-state index contributed by atoms with van der Waals surface area (Å²) in [7, 11) is 0. The van der Waals surface area contributed by atoms with Crippen molar-refractivity contribution in [2.45, 2.75) is 0 Å². The first kappa shape index (κ1) is 6.88. The molecule has 2 N–H and O–H groups in total. The lowest BCUT2D eigenvalue weighted by molar-refractivity contribution is -0.104.